The molecule has 0 saturated heterocycles. The van der Waals surface area contributed by atoms with Crippen molar-refractivity contribution >= 4 is 39.9 Å². The zero-order chi connectivity index (χ0) is 15.8. The molecule has 1 N–H and O–H groups in total. The number of amides is 1. The molecule has 0 aliphatic carbocycles. The number of hydrogen-bond donors (Lipinski definition) is 1. The maximum atomic E-state index is 12.6. The summed E-state index contributed by atoms with van der Waals surface area (Å²) >= 11 is 3.63. The van der Waals surface area contributed by atoms with Gasteiger partial charge in [-0.2, -0.15) is 0 Å². The van der Waals surface area contributed by atoms with Crippen molar-refractivity contribution in [3.05, 3.63) is 52.3 Å². The minimum Gasteiger partial charge on any atom is -0.350 e. The van der Waals surface area contributed by atoms with Gasteiger partial charge in [0.25, 0.3) is 5.91 Å². The Bertz CT molecular complexity index is 851. The number of para-hydroxylation sites is 1. The van der Waals surface area contributed by atoms with E-state index in [0.717, 1.165) is 24.0 Å². The summed E-state index contributed by atoms with van der Waals surface area (Å²) in [4.78, 5) is 15.2. The Balaban J connectivity index is 1.58. The van der Waals surface area contributed by atoms with Gasteiger partial charge in [0.1, 0.15) is 5.69 Å². The van der Waals surface area contributed by atoms with Crippen molar-refractivity contribution in [2.24, 2.45) is 0 Å². The second kappa shape index (κ2) is 6.06. The molecule has 0 radical (unpaired) electrons. The van der Waals surface area contributed by atoms with Gasteiger partial charge < -0.3 is 9.88 Å². The van der Waals surface area contributed by atoms with E-state index in [9.17, 15) is 4.79 Å². The minimum atomic E-state index is 0.0304. The first kappa shape index (κ1) is 14.8. The van der Waals surface area contributed by atoms with Crippen LogP contribution >= 0.6 is 23.1 Å². The molecular formula is C18H18N2OS2. The van der Waals surface area contributed by atoms with Crippen molar-refractivity contribution in [1.82, 2.24) is 9.88 Å². The number of aromatic nitrogens is 1. The first-order chi connectivity index (χ1) is 11.2. The predicted octanol–water partition coefficient (Wildman–Crippen LogP) is 4.17. The molecule has 1 aromatic carbocycles. The Labute approximate surface area is 143 Å². The van der Waals surface area contributed by atoms with E-state index in [0.29, 0.717) is 11.8 Å². The summed E-state index contributed by atoms with van der Waals surface area (Å²) in [5.74, 6) is 0.0304. The molecule has 0 spiro atoms. The number of carbonyl (C=O) groups excluding carboxylic acids is 1. The number of carbonyl (C=O) groups is 1. The van der Waals surface area contributed by atoms with Crippen LogP contribution in [0.2, 0.25) is 0 Å². The number of thioether (sulfide) groups is 1. The van der Waals surface area contributed by atoms with Gasteiger partial charge >= 0.3 is 0 Å². The zero-order valence-corrected chi connectivity index (χ0v) is 14.5. The van der Waals surface area contributed by atoms with Crippen LogP contribution in [0.1, 0.15) is 22.3 Å². The summed E-state index contributed by atoms with van der Waals surface area (Å²) < 4.78 is 2.19. The Hall–Kier alpha value is -1.72. The van der Waals surface area contributed by atoms with Gasteiger partial charge in [-0.05, 0) is 30.0 Å². The summed E-state index contributed by atoms with van der Waals surface area (Å²) in [5, 5.41) is 6.78. The molecule has 1 atom stereocenters. The third-order valence-electron chi connectivity index (χ3n) is 4.12. The lowest BCUT2D eigenvalue weighted by Gasteiger charge is -2.22. The van der Waals surface area contributed by atoms with Gasteiger partial charge in [-0.25, -0.2) is 0 Å². The third-order valence-corrected chi connectivity index (χ3v) is 6.19. The number of benzene rings is 1. The third kappa shape index (κ3) is 2.79. The van der Waals surface area contributed by atoms with E-state index in [2.05, 4.69) is 46.5 Å². The van der Waals surface area contributed by atoms with E-state index >= 15 is 0 Å². The highest BCUT2D eigenvalue weighted by Gasteiger charge is 2.23. The minimum absolute atomic E-state index is 0.0304. The largest absolute Gasteiger partial charge is 0.350 e. The second-order valence-electron chi connectivity index (χ2n) is 5.85. The number of rotatable bonds is 4. The molecule has 1 aliphatic rings. The maximum absolute atomic E-state index is 12.6. The molecule has 5 heteroatoms. The fraction of sp³-hybridized carbons (Fsp3) is 0.278. The second-order valence-corrected chi connectivity index (χ2v) is 8.36. The normalized spacial score (nSPS) is 16.7. The lowest BCUT2D eigenvalue weighted by molar-refractivity contribution is 0.0945. The molecule has 0 bridgehead atoms. The SMILES string of the molecule is CC1Cn2c(C(=O)NCCc3cccs3)cc3cccc(c32)S1. The van der Waals surface area contributed by atoms with Gasteiger partial charge in [0.05, 0.1) is 5.52 Å². The summed E-state index contributed by atoms with van der Waals surface area (Å²) in [6, 6.07) is 12.5. The standard InChI is InChI=1S/C18H18N2OS2/c1-12-11-20-15(10-13-4-2-6-16(23-12)17(13)20)18(21)19-8-7-14-5-3-9-22-14/h2-6,9-10,12H,7-8,11H2,1H3,(H,19,21). The van der Waals surface area contributed by atoms with E-state index in [4.69, 9.17) is 0 Å². The van der Waals surface area contributed by atoms with Crippen molar-refractivity contribution in [1.29, 1.82) is 0 Å². The number of hydrogen-bond acceptors (Lipinski definition) is 3. The van der Waals surface area contributed by atoms with Gasteiger partial charge in [0.2, 0.25) is 0 Å². The van der Waals surface area contributed by atoms with Crippen molar-refractivity contribution in [2.75, 3.05) is 6.54 Å². The number of thiophene rings is 1. The smallest absolute Gasteiger partial charge is 0.267 e. The van der Waals surface area contributed by atoms with Gasteiger partial charge in [0.15, 0.2) is 0 Å². The molecule has 1 amide bonds. The first-order valence-electron chi connectivity index (χ1n) is 7.82. The van der Waals surface area contributed by atoms with Crippen LogP contribution < -0.4 is 5.32 Å². The van der Waals surface area contributed by atoms with Crippen LogP contribution in [0.25, 0.3) is 10.9 Å². The Morgan fingerprint density at radius 3 is 3.09 bits per heavy atom. The number of nitrogens with zero attached hydrogens (tertiary/aromatic N) is 1. The molecule has 1 unspecified atom stereocenters. The van der Waals surface area contributed by atoms with Crippen LogP contribution in [-0.2, 0) is 13.0 Å². The summed E-state index contributed by atoms with van der Waals surface area (Å²) in [5.41, 5.74) is 1.99. The number of nitrogens with one attached hydrogen (secondary N) is 1. The highest BCUT2D eigenvalue weighted by molar-refractivity contribution is 8.00. The lowest BCUT2D eigenvalue weighted by Crippen LogP contribution is -2.29. The molecule has 23 heavy (non-hydrogen) atoms. The van der Waals surface area contributed by atoms with Crippen LogP contribution in [0.3, 0.4) is 0 Å². The highest BCUT2D eigenvalue weighted by Crippen LogP contribution is 2.38. The van der Waals surface area contributed by atoms with E-state index in [1.54, 1.807) is 11.3 Å². The quantitative estimate of drug-likeness (QED) is 0.772. The summed E-state index contributed by atoms with van der Waals surface area (Å²) in [6.45, 7) is 3.78. The predicted molar refractivity (Wildman–Crippen MR) is 97.6 cm³/mol. The Morgan fingerprint density at radius 2 is 2.26 bits per heavy atom. The molecule has 2 aromatic heterocycles. The molecule has 1 aliphatic heterocycles. The van der Waals surface area contributed by atoms with Crippen LogP contribution in [0, 0.1) is 0 Å². The van der Waals surface area contributed by atoms with Crippen LogP contribution in [0.5, 0.6) is 0 Å². The summed E-state index contributed by atoms with van der Waals surface area (Å²) in [6.07, 6.45) is 0.890. The van der Waals surface area contributed by atoms with Crippen LogP contribution in [0.15, 0.2) is 46.7 Å². The zero-order valence-electron chi connectivity index (χ0n) is 12.9. The monoisotopic (exact) mass is 342 g/mol. The fourth-order valence-electron chi connectivity index (χ4n) is 3.12. The average Bonchev–Trinajstić information content (AvgIpc) is 3.16. The van der Waals surface area contributed by atoms with Gasteiger partial charge in [-0.3, -0.25) is 4.79 Å². The van der Waals surface area contributed by atoms with E-state index in [-0.39, 0.29) is 5.91 Å². The van der Waals surface area contributed by atoms with E-state index in [1.807, 2.05) is 23.9 Å². The van der Waals surface area contributed by atoms with Crippen LogP contribution in [-0.4, -0.2) is 22.3 Å². The first-order valence-corrected chi connectivity index (χ1v) is 9.58. The summed E-state index contributed by atoms with van der Waals surface area (Å²) in [7, 11) is 0. The molecule has 3 heterocycles. The molecular weight excluding hydrogens is 324 g/mol. The molecule has 4 rings (SSSR count). The van der Waals surface area contributed by atoms with E-state index < -0.39 is 0 Å². The van der Waals surface area contributed by atoms with Gasteiger partial charge in [-0.1, -0.05) is 25.1 Å². The highest BCUT2D eigenvalue weighted by atomic mass is 32.2. The molecule has 0 fully saturated rings. The van der Waals surface area contributed by atoms with Crippen molar-refractivity contribution in [3.63, 3.8) is 0 Å². The Morgan fingerprint density at radius 1 is 1.35 bits per heavy atom. The topological polar surface area (TPSA) is 34.0 Å². The molecule has 0 saturated carbocycles. The fourth-order valence-corrected chi connectivity index (χ4v) is 4.98. The van der Waals surface area contributed by atoms with Crippen LogP contribution in [0.4, 0.5) is 0 Å². The van der Waals surface area contributed by atoms with E-state index in [1.165, 1.54) is 15.3 Å². The molecule has 3 nitrogen and oxygen atoms in total. The Kier molecular flexibility index (Phi) is 3.91. The maximum Gasteiger partial charge on any atom is 0.267 e. The van der Waals surface area contributed by atoms with Crippen molar-refractivity contribution in [2.45, 2.75) is 30.0 Å². The lowest BCUT2D eigenvalue weighted by atomic mass is 10.2. The van der Waals surface area contributed by atoms with Crippen molar-refractivity contribution in [3.8, 4) is 0 Å². The van der Waals surface area contributed by atoms with Gasteiger partial charge in [0, 0.05) is 33.5 Å². The van der Waals surface area contributed by atoms with Gasteiger partial charge in [-0.15, -0.1) is 23.1 Å². The molecule has 3 aromatic rings. The molecule has 118 valence electrons. The average molecular weight is 342 g/mol. The van der Waals surface area contributed by atoms with Crippen molar-refractivity contribution < 1.29 is 4.79 Å².